The highest BCUT2D eigenvalue weighted by Gasteiger charge is 2.14. The van der Waals surface area contributed by atoms with Crippen LogP contribution < -0.4 is 5.73 Å². The molecule has 2 N–H and O–H groups in total. The maximum atomic E-state index is 5.96. The first-order valence-electron chi connectivity index (χ1n) is 6.74. The molecule has 102 valence electrons. The number of benzene rings is 1. The van der Waals surface area contributed by atoms with Gasteiger partial charge in [0.25, 0.3) is 0 Å². The van der Waals surface area contributed by atoms with Gasteiger partial charge in [-0.15, -0.1) is 0 Å². The lowest BCUT2D eigenvalue weighted by Gasteiger charge is -2.03. The predicted octanol–water partition coefficient (Wildman–Crippen LogP) is 3.08. The molecule has 4 nitrogen and oxygen atoms in total. The molecule has 0 aliphatic heterocycles. The van der Waals surface area contributed by atoms with E-state index in [0.717, 1.165) is 12.8 Å². The summed E-state index contributed by atoms with van der Waals surface area (Å²) in [5.41, 5.74) is 9.73. The fourth-order valence-corrected chi connectivity index (χ4v) is 2.02. The van der Waals surface area contributed by atoms with Crippen LogP contribution in [0.5, 0.6) is 0 Å². The summed E-state index contributed by atoms with van der Waals surface area (Å²) in [6.07, 6.45) is 2.56. The van der Waals surface area contributed by atoms with E-state index in [-0.39, 0.29) is 6.04 Å². The van der Waals surface area contributed by atoms with Gasteiger partial charge >= 0.3 is 0 Å². The van der Waals surface area contributed by atoms with Crippen molar-refractivity contribution in [2.75, 3.05) is 0 Å². The van der Waals surface area contributed by atoms with Crippen molar-refractivity contribution in [2.24, 2.45) is 5.73 Å². The summed E-state index contributed by atoms with van der Waals surface area (Å²) in [5.74, 6) is 1.24. The van der Waals surface area contributed by atoms with Crippen LogP contribution in [0.3, 0.4) is 0 Å². The minimum absolute atomic E-state index is 0.147. The molecule has 2 aromatic rings. The molecule has 0 amide bonds. The first kappa shape index (κ1) is 13.7. The van der Waals surface area contributed by atoms with Crippen molar-refractivity contribution in [3.63, 3.8) is 0 Å². The minimum atomic E-state index is -0.147. The van der Waals surface area contributed by atoms with E-state index in [1.807, 2.05) is 0 Å². The average Bonchev–Trinajstić information content (AvgIpc) is 2.83. The van der Waals surface area contributed by atoms with Gasteiger partial charge < -0.3 is 10.3 Å². The lowest BCUT2D eigenvalue weighted by molar-refractivity contribution is 0.345. The van der Waals surface area contributed by atoms with Gasteiger partial charge in [0.1, 0.15) is 0 Å². The zero-order valence-electron chi connectivity index (χ0n) is 11.8. The van der Waals surface area contributed by atoms with Crippen molar-refractivity contribution < 1.29 is 4.52 Å². The molecule has 0 saturated heterocycles. The number of nitrogens with two attached hydrogens (primary N) is 1. The van der Waals surface area contributed by atoms with Gasteiger partial charge in [0.15, 0.2) is 5.82 Å². The topological polar surface area (TPSA) is 64.9 Å². The van der Waals surface area contributed by atoms with Gasteiger partial charge in [-0.05, 0) is 37.0 Å². The maximum Gasteiger partial charge on any atom is 0.243 e. The van der Waals surface area contributed by atoms with Crippen LogP contribution in [0, 0.1) is 13.8 Å². The van der Waals surface area contributed by atoms with Crippen LogP contribution in [-0.2, 0) is 6.42 Å². The first-order valence-corrected chi connectivity index (χ1v) is 6.74. The number of rotatable bonds is 5. The summed E-state index contributed by atoms with van der Waals surface area (Å²) in [7, 11) is 0. The summed E-state index contributed by atoms with van der Waals surface area (Å²) in [4.78, 5) is 4.37. The highest BCUT2D eigenvalue weighted by molar-refractivity contribution is 5.31. The average molecular weight is 259 g/mol. The van der Waals surface area contributed by atoms with E-state index in [9.17, 15) is 0 Å². The molecule has 0 aliphatic rings. The molecular weight excluding hydrogens is 238 g/mol. The summed E-state index contributed by atoms with van der Waals surface area (Å²) in [5, 5.41) is 4.00. The Morgan fingerprint density at radius 2 is 2.05 bits per heavy atom. The second kappa shape index (κ2) is 5.97. The molecule has 1 atom stereocenters. The molecule has 2 rings (SSSR count). The van der Waals surface area contributed by atoms with Crippen molar-refractivity contribution in [1.82, 2.24) is 10.1 Å². The second-order valence-electron chi connectivity index (χ2n) is 5.04. The van der Waals surface area contributed by atoms with E-state index in [1.54, 1.807) is 0 Å². The number of aryl methyl sites for hydroxylation is 2. The van der Waals surface area contributed by atoms with Crippen LogP contribution in [0.2, 0.25) is 0 Å². The third-order valence-electron chi connectivity index (χ3n) is 3.33. The van der Waals surface area contributed by atoms with Crippen molar-refractivity contribution in [3.8, 4) is 0 Å². The van der Waals surface area contributed by atoms with Gasteiger partial charge in [-0.3, -0.25) is 0 Å². The third kappa shape index (κ3) is 3.41. The molecule has 0 saturated carbocycles. The number of aromatic nitrogens is 2. The Morgan fingerprint density at radius 1 is 1.26 bits per heavy atom. The normalized spacial score (nSPS) is 12.6. The Kier molecular flexibility index (Phi) is 4.32. The zero-order chi connectivity index (χ0) is 13.8. The Bertz CT molecular complexity index is 548. The fourth-order valence-electron chi connectivity index (χ4n) is 2.02. The standard InChI is InChI=1S/C15H21N3O/c1-4-5-13(16)15-17-14(18-19-15)9-12-7-6-10(2)11(3)8-12/h6-8,13H,4-5,9,16H2,1-3H3. The molecular formula is C15H21N3O. The van der Waals surface area contributed by atoms with Crippen molar-refractivity contribution in [2.45, 2.75) is 46.1 Å². The lowest BCUT2D eigenvalue weighted by Crippen LogP contribution is -2.10. The van der Waals surface area contributed by atoms with E-state index in [0.29, 0.717) is 18.1 Å². The maximum absolute atomic E-state index is 5.96. The van der Waals surface area contributed by atoms with Crippen LogP contribution in [-0.4, -0.2) is 10.1 Å². The van der Waals surface area contributed by atoms with E-state index < -0.39 is 0 Å². The van der Waals surface area contributed by atoms with Gasteiger partial charge in [0.2, 0.25) is 5.89 Å². The molecule has 0 fully saturated rings. The molecule has 1 aromatic carbocycles. The smallest absolute Gasteiger partial charge is 0.243 e. The third-order valence-corrected chi connectivity index (χ3v) is 3.33. The predicted molar refractivity (Wildman–Crippen MR) is 74.9 cm³/mol. The second-order valence-corrected chi connectivity index (χ2v) is 5.04. The van der Waals surface area contributed by atoms with Gasteiger partial charge in [-0.2, -0.15) is 4.98 Å². The van der Waals surface area contributed by atoms with Crippen molar-refractivity contribution in [3.05, 3.63) is 46.6 Å². The van der Waals surface area contributed by atoms with Crippen LogP contribution in [0.25, 0.3) is 0 Å². The first-order chi connectivity index (χ1) is 9.10. The lowest BCUT2D eigenvalue weighted by atomic mass is 10.0. The summed E-state index contributed by atoms with van der Waals surface area (Å²) >= 11 is 0. The minimum Gasteiger partial charge on any atom is -0.338 e. The Balaban J connectivity index is 2.09. The summed E-state index contributed by atoms with van der Waals surface area (Å²) in [6.45, 7) is 6.30. The Morgan fingerprint density at radius 3 is 2.74 bits per heavy atom. The number of hydrogen-bond donors (Lipinski definition) is 1. The highest BCUT2D eigenvalue weighted by Crippen LogP contribution is 2.16. The molecule has 0 spiro atoms. The highest BCUT2D eigenvalue weighted by atomic mass is 16.5. The van der Waals surface area contributed by atoms with Gasteiger partial charge in [-0.1, -0.05) is 36.7 Å². The Labute approximate surface area is 114 Å². The molecule has 1 aromatic heterocycles. The summed E-state index contributed by atoms with van der Waals surface area (Å²) < 4.78 is 5.22. The van der Waals surface area contributed by atoms with Gasteiger partial charge in [0, 0.05) is 6.42 Å². The van der Waals surface area contributed by atoms with Crippen molar-refractivity contribution >= 4 is 0 Å². The Hall–Kier alpha value is -1.68. The molecule has 1 heterocycles. The number of nitrogens with zero attached hydrogens (tertiary/aromatic N) is 2. The largest absolute Gasteiger partial charge is 0.338 e. The molecule has 1 unspecified atom stereocenters. The molecule has 0 radical (unpaired) electrons. The fraction of sp³-hybridized carbons (Fsp3) is 0.467. The number of hydrogen-bond acceptors (Lipinski definition) is 4. The van der Waals surface area contributed by atoms with Crippen molar-refractivity contribution in [1.29, 1.82) is 0 Å². The quantitative estimate of drug-likeness (QED) is 0.896. The van der Waals surface area contributed by atoms with Gasteiger partial charge in [-0.25, -0.2) is 0 Å². The van der Waals surface area contributed by atoms with Crippen LogP contribution in [0.1, 0.15) is 54.2 Å². The van der Waals surface area contributed by atoms with Crippen LogP contribution in [0.4, 0.5) is 0 Å². The summed E-state index contributed by atoms with van der Waals surface area (Å²) in [6, 6.07) is 6.24. The van der Waals surface area contributed by atoms with E-state index in [1.165, 1.54) is 16.7 Å². The van der Waals surface area contributed by atoms with Gasteiger partial charge in [0.05, 0.1) is 6.04 Å². The van der Waals surface area contributed by atoms with E-state index >= 15 is 0 Å². The van der Waals surface area contributed by atoms with Crippen LogP contribution >= 0.6 is 0 Å². The molecule has 0 aliphatic carbocycles. The van der Waals surface area contributed by atoms with E-state index in [2.05, 4.69) is 49.1 Å². The molecule has 19 heavy (non-hydrogen) atoms. The zero-order valence-corrected chi connectivity index (χ0v) is 11.8. The van der Waals surface area contributed by atoms with E-state index in [4.69, 9.17) is 10.3 Å². The molecule has 0 bridgehead atoms. The molecule has 4 heteroatoms. The van der Waals surface area contributed by atoms with Crippen LogP contribution in [0.15, 0.2) is 22.7 Å². The monoisotopic (exact) mass is 259 g/mol. The SMILES string of the molecule is CCCC(N)c1nc(Cc2ccc(C)c(C)c2)no1.